The number of aromatic nitrogens is 1. The topological polar surface area (TPSA) is 25.2 Å². The Bertz CT molecular complexity index is 791. The highest BCUT2D eigenvalue weighted by molar-refractivity contribution is 8.27. The fourth-order valence-electron chi connectivity index (χ4n) is 2.34. The maximum absolute atomic E-state index is 13.7. The molecule has 0 saturated carbocycles. The van der Waals surface area contributed by atoms with E-state index in [1.807, 2.05) is 26.0 Å². The summed E-state index contributed by atoms with van der Waals surface area (Å²) in [5.74, 6) is -0.596. The van der Waals surface area contributed by atoms with Crippen LogP contribution in [0.5, 0.6) is 0 Å². The van der Waals surface area contributed by atoms with E-state index in [4.69, 9.17) is 12.2 Å². The van der Waals surface area contributed by atoms with Gasteiger partial charge in [-0.2, -0.15) is 5.01 Å². The lowest BCUT2D eigenvalue weighted by Gasteiger charge is -2.20. The summed E-state index contributed by atoms with van der Waals surface area (Å²) in [5.41, 5.74) is 2.21. The Balaban J connectivity index is 2.01. The minimum absolute atomic E-state index is 0.236. The maximum Gasteiger partial charge on any atom is 0.285 e. The number of hydrogen-bond donors (Lipinski definition) is 0. The van der Waals surface area contributed by atoms with E-state index in [1.54, 1.807) is 29.0 Å². The number of carbonyl (C=O) groups excluding carboxylic acids is 1. The number of nitrogens with zero attached hydrogens (tertiary/aromatic N) is 2. The van der Waals surface area contributed by atoms with Crippen molar-refractivity contribution >= 4 is 40.3 Å². The molecular formula is C16H13FN2OS2. The van der Waals surface area contributed by atoms with Crippen molar-refractivity contribution in [2.75, 3.05) is 5.01 Å². The molecule has 112 valence electrons. The summed E-state index contributed by atoms with van der Waals surface area (Å²) in [5, 5.41) is 1.46. The van der Waals surface area contributed by atoms with E-state index in [9.17, 15) is 9.18 Å². The second kappa shape index (κ2) is 5.70. The molecule has 3 rings (SSSR count). The van der Waals surface area contributed by atoms with Crippen LogP contribution in [0.3, 0.4) is 0 Å². The smallest absolute Gasteiger partial charge is 0.266 e. The van der Waals surface area contributed by atoms with E-state index in [0.717, 1.165) is 11.4 Å². The van der Waals surface area contributed by atoms with Crippen molar-refractivity contribution in [3.63, 3.8) is 0 Å². The van der Waals surface area contributed by atoms with Crippen LogP contribution in [-0.2, 0) is 4.79 Å². The predicted octanol–water partition coefficient (Wildman–Crippen LogP) is 3.78. The monoisotopic (exact) mass is 332 g/mol. The van der Waals surface area contributed by atoms with Crippen LogP contribution in [0, 0.1) is 19.7 Å². The number of amides is 1. The Morgan fingerprint density at radius 1 is 1.14 bits per heavy atom. The van der Waals surface area contributed by atoms with E-state index in [1.165, 1.54) is 22.8 Å². The van der Waals surface area contributed by atoms with Crippen molar-refractivity contribution < 1.29 is 9.18 Å². The molecule has 1 amide bonds. The lowest BCUT2D eigenvalue weighted by molar-refractivity contribution is -0.114. The average Bonchev–Trinajstić information content (AvgIpc) is 2.94. The fraction of sp³-hybridized carbons (Fsp3) is 0.125. The molecule has 0 aliphatic carbocycles. The molecule has 1 aliphatic heterocycles. The zero-order chi connectivity index (χ0) is 15.9. The van der Waals surface area contributed by atoms with Crippen molar-refractivity contribution in [2.24, 2.45) is 0 Å². The first kappa shape index (κ1) is 15.0. The predicted molar refractivity (Wildman–Crippen MR) is 91.7 cm³/mol. The molecule has 0 spiro atoms. The van der Waals surface area contributed by atoms with Crippen molar-refractivity contribution in [1.82, 2.24) is 4.68 Å². The number of benzene rings is 1. The van der Waals surface area contributed by atoms with Gasteiger partial charge >= 0.3 is 0 Å². The molecule has 1 fully saturated rings. The Kier molecular flexibility index (Phi) is 3.88. The van der Waals surface area contributed by atoms with E-state index in [-0.39, 0.29) is 11.7 Å². The summed E-state index contributed by atoms with van der Waals surface area (Å²) in [7, 11) is 0. The summed E-state index contributed by atoms with van der Waals surface area (Å²) in [6.45, 7) is 3.82. The van der Waals surface area contributed by atoms with Gasteiger partial charge in [0.1, 0.15) is 5.82 Å². The highest BCUT2D eigenvalue weighted by Gasteiger charge is 2.34. The maximum atomic E-state index is 13.7. The Hall–Kier alpha value is -1.92. The number of rotatable bonds is 2. The van der Waals surface area contributed by atoms with Crippen molar-refractivity contribution in [2.45, 2.75) is 13.8 Å². The average molecular weight is 332 g/mol. The van der Waals surface area contributed by atoms with Crippen LogP contribution in [0.25, 0.3) is 6.08 Å². The molecule has 1 saturated heterocycles. The van der Waals surface area contributed by atoms with Gasteiger partial charge in [-0.15, -0.1) is 0 Å². The van der Waals surface area contributed by atoms with Crippen LogP contribution in [0.1, 0.15) is 17.0 Å². The summed E-state index contributed by atoms with van der Waals surface area (Å²) >= 11 is 6.51. The number of thiocarbonyl (C=S) groups is 1. The molecule has 0 atom stereocenters. The third kappa shape index (κ3) is 2.48. The van der Waals surface area contributed by atoms with Crippen LogP contribution in [0.4, 0.5) is 4.39 Å². The first-order chi connectivity index (χ1) is 10.5. The van der Waals surface area contributed by atoms with Crippen molar-refractivity contribution in [3.8, 4) is 0 Å². The molecule has 0 N–H and O–H groups in total. The summed E-state index contributed by atoms with van der Waals surface area (Å²) in [4.78, 5) is 13.1. The van der Waals surface area contributed by atoms with Gasteiger partial charge in [0.25, 0.3) is 5.91 Å². The molecule has 3 nitrogen and oxygen atoms in total. The van der Waals surface area contributed by atoms with Crippen molar-refractivity contribution in [1.29, 1.82) is 0 Å². The number of halogens is 1. The first-order valence-electron chi connectivity index (χ1n) is 6.67. The molecule has 2 heterocycles. The lowest BCUT2D eigenvalue weighted by atomic mass is 10.2. The van der Waals surface area contributed by atoms with Gasteiger partial charge in [0.2, 0.25) is 0 Å². The largest absolute Gasteiger partial charge is 0.285 e. The molecule has 1 aromatic carbocycles. The van der Waals surface area contributed by atoms with Gasteiger partial charge in [-0.3, -0.25) is 9.47 Å². The Morgan fingerprint density at radius 3 is 2.41 bits per heavy atom. The fourth-order valence-corrected chi connectivity index (χ4v) is 3.57. The molecule has 0 bridgehead atoms. The second-order valence-corrected chi connectivity index (χ2v) is 6.62. The van der Waals surface area contributed by atoms with Gasteiger partial charge in [-0.25, -0.2) is 4.39 Å². The van der Waals surface area contributed by atoms with E-state index < -0.39 is 0 Å². The zero-order valence-corrected chi connectivity index (χ0v) is 13.7. The third-order valence-electron chi connectivity index (χ3n) is 3.40. The first-order valence-corrected chi connectivity index (χ1v) is 7.89. The van der Waals surface area contributed by atoms with Gasteiger partial charge in [0.15, 0.2) is 4.32 Å². The van der Waals surface area contributed by atoms with Gasteiger partial charge in [0.05, 0.1) is 4.91 Å². The normalized spacial score (nSPS) is 16.9. The molecule has 1 aromatic heterocycles. The van der Waals surface area contributed by atoms with Gasteiger partial charge in [-0.1, -0.05) is 30.0 Å². The van der Waals surface area contributed by atoms with Crippen LogP contribution < -0.4 is 5.01 Å². The second-order valence-electron chi connectivity index (χ2n) is 4.94. The summed E-state index contributed by atoms with van der Waals surface area (Å²) < 4.78 is 16.0. The summed E-state index contributed by atoms with van der Waals surface area (Å²) in [6, 6.07) is 10.2. The van der Waals surface area contributed by atoms with E-state index in [2.05, 4.69) is 0 Å². The third-order valence-corrected chi connectivity index (χ3v) is 4.68. The summed E-state index contributed by atoms with van der Waals surface area (Å²) in [6.07, 6.45) is 1.54. The standard InChI is InChI=1S/C16H13FN2OS2/c1-10-7-8-11(2)18(10)19-15(20)14(22-16(19)21)9-12-5-3-4-6-13(12)17/h3-9H,1-2H3/b14-9-. The number of hydrogen-bond acceptors (Lipinski definition) is 3. The quantitative estimate of drug-likeness (QED) is 0.618. The minimum atomic E-state index is -0.360. The Labute approximate surface area is 137 Å². The van der Waals surface area contributed by atoms with Gasteiger partial charge < -0.3 is 0 Å². The SMILES string of the molecule is Cc1ccc(C)n1N1C(=O)/C(=C/c2ccccc2F)SC1=S. The van der Waals surface area contributed by atoms with Crippen LogP contribution in [-0.4, -0.2) is 14.9 Å². The van der Waals surface area contributed by atoms with E-state index in [0.29, 0.717) is 14.8 Å². The zero-order valence-electron chi connectivity index (χ0n) is 12.0. The van der Waals surface area contributed by atoms with E-state index >= 15 is 0 Å². The number of thioether (sulfide) groups is 1. The molecule has 6 heteroatoms. The Morgan fingerprint density at radius 2 is 1.77 bits per heavy atom. The lowest BCUT2D eigenvalue weighted by Crippen LogP contribution is -2.39. The van der Waals surface area contributed by atoms with Gasteiger partial charge in [0, 0.05) is 17.0 Å². The highest BCUT2D eigenvalue weighted by atomic mass is 32.2. The highest BCUT2D eigenvalue weighted by Crippen LogP contribution is 2.33. The number of aryl methyl sites for hydroxylation is 2. The van der Waals surface area contributed by atoms with Crippen molar-refractivity contribution in [3.05, 3.63) is 64.1 Å². The molecule has 22 heavy (non-hydrogen) atoms. The van der Waals surface area contributed by atoms with Crippen LogP contribution in [0.2, 0.25) is 0 Å². The molecule has 0 radical (unpaired) electrons. The molecule has 1 aliphatic rings. The molecule has 0 unspecified atom stereocenters. The molecule has 2 aromatic rings. The number of carbonyl (C=O) groups is 1. The van der Waals surface area contributed by atoms with Crippen LogP contribution >= 0.6 is 24.0 Å². The van der Waals surface area contributed by atoms with Gasteiger partial charge in [-0.05, 0) is 50.3 Å². The molecular weight excluding hydrogens is 319 g/mol. The van der Waals surface area contributed by atoms with Crippen LogP contribution in [0.15, 0.2) is 41.3 Å². The minimum Gasteiger partial charge on any atom is -0.266 e.